The normalized spacial score (nSPS) is 10.9. The summed E-state index contributed by atoms with van der Waals surface area (Å²) in [5, 5.41) is 10.6. The second-order valence-corrected chi connectivity index (χ2v) is 5.20. The highest BCUT2D eigenvalue weighted by Crippen LogP contribution is 2.19. The predicted molar refractivity (Wildman–Crippen MR) is 79.4 cm³/mol. The number of hydrogen-bond donors (Lipinski definition) is 0. The van der Waals surface area contributed by atoms with Crippen LogP contribution in [-0.4, -0.2) is 16.9 Å². The quantitative estimate of drug-likeness (QED) is 0.623. The smallest absolute Gasteiger partial charge is 0.298 e. The molecule has 0 unspecified atom stereocenters. The summed E-state index contributed by atoms with van der Waals surface area (Å²) in [5.74, 6) is -0.790. The number of benzene rings is 2. The molecule has 2 aromatic rings. The van der Waals surface area contributed by atoms with Gasteiger partial charge in [0.2, 0.25) is 5.82 Å². The van der Waals surface area contributed by atoms with Crippen molar-refractivity contribution in [2.75, 3.05) is 7.05 Å². The van der Waals surface area contributed by atoms with Gasteiger partial charge in [-0.2, -0.15) is 4.39 Å². The van der Waals surface area contributed by atoms with Crippen molar-refractivity contribution >= 4 is 5.69 Å². The molecule has 0 atom stereocenters. The first-order valence-corrected chi connectivity index (χ1v) is 6.62. The van der Waals surface area contributed by atoms with Gasteiger partial charge >= 0.3 is 5.69 Å². The third-order valence-corrected chi connectivity index (χ3v) is 3.20. The molecule has 0 amide bonds. The molecule has 110 valence electrons. The van der Waals surface area contributed by atoms with Gasteiger partial charge in [-0.15, -0.1) is 0 Å². The van der Waals surface area contributed by atoms with E-state index in [1.165, 1.54) is 23.3 Å². The van der Waals surface area contributed by atoms with Crippen molar-refractivity contribution in [3.8, 4) is 0 Å². The number of halogens is 1. The molecule has 5 heteroatoms. The lowest BCUT2D eigenvalue weighted by Gasteiger charge is -2.17. The molecule has 0 aliphatic rings. The van der Waals surface area contributed by atoms with E-state index in [-0.39, 0.29) is 0 Å². The van der Waals surface area contributed by atoms with E-state index in [1.54, 1.807) is 6.07 Å². The highest BCUT2D eigenvalue weighted by molar-refractivity contribution is 5.35. The summed E-state index contributed by atoms with van der Waals surface area (Å²) in [6.45, 7) is 3.30. The molecule has 0 aliphatic carbocycles. The van der Waals surface area contributed by atoms with Gasteiger partial charge in [0.15, 0.2) is 0 Å². The lowest BCUT2D eigenvalue weighted by Crippen LogP contribution is -2.17. The van der Waals surface area contributed by atoms with Crippen LogP contribution in [0.3, 0.4) is 0 Å². The maximum Gasteiger partial charge on any atom is 0.304 e. The molecule has 0 radical (unpaired) electrons. The predicted octanol–water partition coefficient (Wildman–Crippen LogP) is 3.67. The van der Waals surface area contributed by atoms with Crippen LogP contribution in [0.15, 0.2) is 42.5 Å². The Labute approximate surface area is 123 Å². The first kappa shape index (κ1) is 15.1. The van der Waals surface area contributed by atoms with Gasteiger partial charge in [-0.25, -0.2) is 0 Å². The fourth-order valence-electron chi connectivity index (χ4n) is 2.29. The number of rotatable bonds is 5. The van der Waals surface area contributed by atoms with Crippen LogP contribution >= 0.6 is 0 Å². The summed E-state index contributed by atoms with van der Waals surface area (Å²) in [7, 11) is 1.93. The topological polar surface area (TPSA) is 46.4 Å². The highest BCUT2D eigenvalue weighted by Gasteiger charge is 2.14. The van der Waals surface area contributed by atoms with Crippen molar-refractivity contribution in [3.05, 3.63) is 75.1 Å². The van der Waals surface area contributed by atoms with Crippen molar-refractivity contribution in [2.24, 2.45) is 0 Å². The Morgan fingerprint density at radius 1 is 1.14 bits per heavy atom. The maximum absolute atomic E-state index is 13.6. The average Bonchev–Trinajstić information content (AvgIpc) is 2.38. The molecule has 4 nitrogen and oxygen atoms in total. The zero-order chi connectivity index (χ0) is 15.4. The van der Waals surface area contributed by atoms with Gasteiger partial charge in [0, 0.05) is 19.2 Å². The van der Waals surface area contributed by atoms with Crippen LogP contribution in [0.25, 0.3) is 0 Å². The molecule has 0 bridgehead atoms. The summed E-state index contributed by atoms with van der Waals surface area (Å²) in [4.78, 5) is 11.9. The Morgan fingerprint density at radius 2 is 1.81 bits per heavy atom. The van der Waals surface area contributed by atoms with Gasteiger partial charge in [0.1, 0.15) is 0 Å². The van der Waals surface area contributed by atoms with Crippen molar-refractivity contribution < 1.29 is 9.31 Å². The number of nitrogens with zero attached hydrogens (tertiary/aromatic N) is 2. The largest absolute Gasteiger partial charge is 0.304 e. The van der Waals surface area contributed by atoms with Crippen LogP contribution in [0.1, 0.15) is 16.7 Å². The molecule has 0 spiro atoms. The third kappa shape index (κ3) is 4.10. The molecule has 0 aliphatic heterocycles. The summed E-state index contributed by atoms with van der Waals surface area (Å²) in [5.41, 5.74) is 2.61. The van der Waals surface area contributed by atoms with E-state index >= 15 is 0 Å². The number of aryl methyl sites for hydroxylation is 1. The minimum absolute atomic E-state index is 0.486. The van der Waals surface area contributed by atoms with Gasteiger partial charge < -0.3 is 0 Å². The second-order valence-electron chi connectivity index (χ2n) is 5.20. The van der Waals surface area contributed by atoms with Crippen LogP contribution in [0.5, 0.6) is 0 Å². The molecule has 2 aromatic carbocycles. The first-order chi connectivity index (χ1) is 9.95. The van der Waals surface area contributed by atoms with E-state index in [2.05, 4.69) is 6.07 Å². The van der Waals surface area contributed by atoms with Gasteiger partial charge in [-0.1, -0.05) is 35.9 Å². The van der Waals surface area contributed by atoms with Crippen LogP contribution < -0.4 is 0 Å². The van der Waals surface area contributed by atoms with E-state index in [4.69, 9.17) is 0 Å². The van der Waals surface area contributed by atoms with Gasteiger partial charge in [0.05, 0.1) is 4.92 Å². The van der Waals surface area contributed by atoms with E-state index < -0.39 is 16.4 Å². The standard InChI is InChI=1S/C16H17FN2O2/c1-12-4-3-5-13(8-12)10-18(2)11-14-6-7-16(19(20)21)15(17)9-14/h3-9H,10-11H2,1-2H3. The van der Waals surface area contributed by atoms with Crippen LogP contribution in [0.2, 0.25) is 0 Å². The Kier molecular flexibility index (Phi) is 4.65. The fraction of sp³-hybridized carbons (Fsp3) is 0.250. The molecule has 0 heterocycles. The minimum Gasteiger partial charge on any atom is -0.298 e. The molecular formula is C16H17FN2O2. The van der Waals surface area contributed by atoms with Crippen LogP contribution in [0, 0.1) is 22.9 Å². The van der Waals surface area contributed by atoms with Gasteiger partial charge in [-0.3, -0.25) is 15.0 Å². The lowest BCUT2D eigenvalue weighted by atomic mass is 10.1. The Hall–Kier alpha value is -2.27. The van der Waals surface area contributed by atoms with E-state index in [1.807, 2.05) is 37.1 Å². The summed E-state index contributed by atoms with van der Waals surface area (Å²) >= 11 is 0. The Bertz CT molecular complexity index is 658. The van der Waals surface area contributed by atoms with Crippen molar-refractivity contribution in [2.45, 2.75) is 20.0 Å². The third-order valence-electron chi connectivity index (χ3n) is 3.20. The van der Waals surface area contributed by atoms with Crippen molar-refractivity contribution in [1.29, 1.82) is 0 Å². The second kappa shape index (κ2) is 6.45. The summed E-state index contributed by atoms with van der Waals surface area (Å²) < 4.78 is 13.6. The fourth-order valence-corrected chi connectivity index (χ4v) is 2.29. The van der Waals surface area contributed by atoms with Gasteiger partial charge in [0.25, 0.3) is 0 Å². The van der Waals surface area contributed by atoms with E-state index in [0.717, 1.165) is 6.54 Å². The zero-order valence-corrected chi connectivity index (χ0v) is 12.0. The molecule has 2 rings (SSSR count). The first-order valence-electron chi connectivity index (χ1n) is 6.62. The molecule has 0 saturated heterocycles. The monoisotopic (exact) mass is 288 g/mol. The molecule has 0 fully saturated rings. The SMILES string of the molecule is Cc1cccc(CN(C)Cc2ccc([N+](=O)[O-])c(F)c2)c1. The Balaban J connectivity index is 2.04. The summed E-state index contributed by atoms with van der Waals surface area (Å²) in [6.07, 6.45) is 0. The average molecular weight is 288 g/mol. The van der Waals surface area contributed by atoms with Crippen molar-refractivity contribution in [1.82, 2.24) is 4.90 Å². The maximum atomic E-state index is 13.6. The van der Waals surface area contributed by atoms with Gasteiger partial charge in [-0.05, 0) is 31.2 Å². The zero-order valence-electron chi connectivity index (χ0n) is 12.0. The molecular weight excluding hydrogens is 271 g/mol. The number of nitro benzene ring substituents is 1. The van der Waals surface area contributed by atoms with E-state index in [0.29, 0.717) is 12.1 Å². The summed E-state index contributed by atoms with van der Waals surface area (Å²) in [6, 6.07) is 12.2. The van der Waals surface area contributed by atoms with Crippen LogP contribution in [-0.2, 0) is 13.1 Å². The number of hydrogen-bond acceptors (Lipinski definition) is 3. The Morgan fingerprint density at radius 3 is 2.38 bits per heavy atom. The molecule has 0 aromatic heterocycles. The molecule has 0 saturated carbocycles. The molecule has 21 heavy (non-hydrogen) atoms. The lowest BCUT2D eigenvalue weighted by molar-refractivity contribution is -0.387. The molecule has 0 N–H and O–H groups in total. The van der Waals surface area contributed by atoms with E-state index in [9.17, 15) is 14.5 Å². The minimum atomic E-state index is -0.790. The van der Waals surface area contributed by atoms with Crippen LogP contribution in [0.4, 0.5) is 10.1 Å². The number of nitro groups is 1. The van der Waals surface area contributed by atoms with Crippen molar-refractivity contribution in [3.63, 3.8) is 0 Å². The highest BCUT2D eigenvalue weighted by atomic mass is 19.1.